The average molecular weight is 329 g/mol. The lowest BCUT2D eigenvalue weighted by Gasteiger charge is -2.14. The first-order valence-corrected chi connectivity index (χ1v) is 7.41. The third kappa shape index (κ3) is 4.44. The van der Waals surface area contributed by atoms with E-state index >= 15 is 0 Å². The topological polar surface area (TPSA) is 49.4 Å². The molecule has 4 nitrogen and oxygen atoms in total. The molecule has 0 aromatic heterocycles. The number of carbonyl (C=O) groups is 2. The van der Waals surface area contributed by atoms with Gasteiger partial charge in [-0.3, -0.25) is 9.59 Å². The van der Waals surface area contributed by atoms with Gasteiger partial charge in [-0.1, -0.05) is 41.9 Å². The normalized spacial score (nSPS) is 10.6. The van der Waals surface area contributed by atoms with E-state index in [1.54, 1.807) is 50.5 Å². The predicted molar refractivity (Wildman–Crippen MR) is 93.6 cm³/mol. The standard InChI is InChI=1S/C18H17ClN2O2/c1-21(2)18(23)14-8-4-6-10-16(14)20-17(22)12-11-13-7-3-5-9-15(13)19/h3-12H,1-2H3,(H,20,22). The van der Waals surface area contributed by atoms with E-state index < -0.39 is 0 Å². The molecular weight excluding hydrogens is 312 g/mol. The number of hydrogen-bond donors (Lipinski definition) is 1. The van der Waals surface area contributed by atoms with Crippen LogP contribution in [0, 0.1) is 0 Å². The Hall–Kier alpha value is -2.59. The van der Waals surface area contributed by atoms with Gasteiger partial charge in [-0.25, -0.2) is 0 Å². The van der Waals surface area contributed by atoms with E-state index in [4.69, 9.17) is 11.6 Å². The van der Waals surface area contributed by atoms with Crippen LogP contribution >= 0.6 is 11.6 Å². The summed E-state index contributed by atoms with van der Waals surface area (Å²) in [6.07, 6.45) is 3.02. The van der Waals surface area contributed by atoms with Crippen LogP contribution in [0.25, 0.3) is 6.08 Å². The minimum Gasteiger partial charge on any atom is -0.345 e. The van der Waals surface area contributed by atoms with Crippen molar-refractivity contribution in [3.63, 3.8) is 0 Å². The molecule has 0 unspecified atom stereocenters. The highest BCUT2D eigenvalue weighted by Gasteiger charge is 2.13. The van der Waals surface area contributed by atoms with Crippen molar-refractivity contribution in [3.05, 3.63) is 70.8 Å². The van der Waals surface area contributed by atoms with Gasteiger partial charge in [0, 0.05) is 25.2 Å². The van der Waals surface area contributed by atoms with Gasteiger partial charge in [-0.15, -0.1) is 0 Å². The second-order valence-corrected chi connectivity index (χ2v) is 5.50. The van der Waals surface area contributed by atoms with Crippen LogP contribution < -0.4 is 5.32 Å². The number of carbonyl (C=O) groups excluding carboxylic acids is 2. The van der Waals surface area contributed by atoms with Crippen LogP contribution in [-0.2, 0) is 4.79 Å². The fraction of sp³-hybridized carbons (Fsp3) is 0.111. The predicted octanol–water partition coefficient (Wildman–Crippen LogP) is 3.69. The van der Waals surface area contributed by atoms with Crippen molar-refractivity contribution in [2.45, 2.75) is 0 Å². The molecule has 0 aliphatic heterocycles. The molecule has 0 radical (unpaired) electrons. The van der Waals surface area contributed by atoms with E-state index in [2.05, 4.69) is 5.32 Å². The summed E-state index contributed by atoms with van der Waals surface area (Å²) in [5, 5.41) is 3.29. The van der Waals surface area contributed by atoms with Crippen molar-refractivity contribution in [1.82, 2.24) is 4.90 Å². The maximum atomic E-state index is 12.1. The van der Waals surface area contributed by atoms with Crippen molar-refractivity contribution < 1.29 is 9.59 Å². The third-order valence-corrected chi connectivity index (χ3v) is 3.49. The van der Waals surface area contributed by atoms with Gasteiger partial charge in [-0.2, -0.15) is 0 Å². The van der Waals surface area contributed by atoms with Crippen molar-refractivity contribution in [3.8, 4) is 0 Å². The van der Waals surface area contributed by atoms with Gasteiger partial charge in [0.1, 0.15) is 0 Å². The molecule has 118 valence electrons. The van der Waals surface area contributed by atoms with Crippen molar-refractivity contribution in [2.75, 3.05) is 19.4 Å². The molecule has 0 atom stereocenters. The summed E-state index contributed by atoms with van der Waals surface area (Å²) in [6.45, 7) is 0. The molecule has 0 fully saturated rings. The molecule has 2 aromatic rings. The third-order valence-electron chi connectivity index (χ3n) is 3.14. The fourth-order valence-corrected chi connectivity index (χ4v) is 2.17. The Kier molecular flexibility index (Phi) is 5.55. The molecule has 0 aliphatic rings. The lowest BCUT2D eigenvalue weighted by molar-refractivity contribution is -0.111. The highest BCUT2D eigenvalue weighted by Crippen LogP contribution is 2.18. The van der Waals surface area contributed by atoms with E-state index in [-0.39, 0.29) is 11.8 Å². The smallest absolute Gasteiger partial charge is 0.255 e. The van der Waals surface area contributed by atoms with Gasteiger partial charge in [-0.05, 0) is 29.8 Å². The number of hydrogen-bond acceptors (Lipinski definition) is 2. The molecule has 0 spiro atoms. The quantitative estimate of drug-likeness (QED) is 0.870. The van der Waals surface area contributed by atoms with E-state index in [9.17, 15) is 9.59 Å². The van der Waals surface area contributed by atoms with Crippen molar-refractivity contribution >= 4 is 35.2 Å². The van der Waals surface area contributed by atoms with Crippen LogP contribution in [-0.4, -0.2) is 30.8 Å². The molecule has 1 N–H and O–H groups in total. The minimum atomic E-state index is -0.330. The first-order chi connectivity index (χ1) is 11.0. The van der Waals surface area contributed by atoms with Gasteiger partial charge in [0.25, 0.3) is 5.91 Å². The molecule has 0 bridgehead atoms. The number of amides is 2. The molecule has 0 saturated heterocycles. The van der Waals surface area contributed by atoms with Crippen LogP contribution in [0.2, 0.25) is 5.02 Å². The Bertz CT molecular complexity index is 754. The molecular formula is C18H17ClN2O2. The Balaban J connectivity index is 2.15. The van der Waals surface area contributed by atoms with Crippen LogP contribution in [0.4, 0.5) is 5.69 Å². The van der Waals surface area contributed by atoms with E-state index in [0.29, 0.717) is 16.3 Å². The van der Waals surface area contributed by atoms with E-state index in [0.717, 1.165) is 5.56 Å². The van der Waals surface area contributed by atoms with Crippen LogP contribution in [0.1, 0.15) is 15.9 Å². The fourth-order valence-electron chi connectivity index (χ4n) is 1.97. The molecule has 0 heterocycles. The SMILES string of the molecule is CN(C)C(=O)c1ccccc1NC(=O)C=Cc1ccccc1Cl. The van der Waals surface area contributed by atoms with Gasteiger partial charge >= 0.3 is 0 Å². The van der Waals surface area contributed by atoms with Crippen LogP contribution in [0.15, 0.2) is 54.6 Å². The lowest BCUT2D eigenvalue weighted by Crippen LogP contribution is -2.23. The van der Waals surface area contributed by atoms with E-state index in [1.165, 1.54) is 11.0 Å². The average Bonchev–Trinajstić information content (AvgIpc) is 2.54. The molecule has 0 aliphatic carbocycles. The summed E-state index contributed by atoms with van der Waals surface area (Å²) in [6, 6.07) is 14.1. The summed E-state index contributed by atoms with van der Waals surface area (Å²) >= 11 is 6.04. The highest BCUT2D eigenvalue weighted by atomic mass is 35.5. The van der Waals surface area contributed by atoms with Crippen molar-refractivity contribution in [1.29, 1.82) is 0 Å². The van der Waals surface area contributed by atoms with Crippen molar-refractivity contribution in [2.24, 2.45) is 0 Å². The van der Waals surface area contributed by atoms with Gasteiger partial charge in [0.15, 0.2) is 0 Å². The number of anilines is 1. The maximum absolute atomic E-state index is 12.1. The van der Waals surface area contributed by atoms with Gasteiger partial charge < -0.3 is 10.2 Å². The first-order valence-electron chi connectivity index (χ1n) is 7.03. The largest absolute Gasteiger partial charge is 0.345 e. The minimum absolute atomic E-state index is 0.170. The number of nitrogens with zero attached hydrogens (tertiary/aromatic N) is 1. The summed E-state index contributed by atoms with van der Waals surface area (Å²) in [4.78, 5) is 25.6. The lowest BCUT2D eigenvalue weighted by atomic mass is 10.1. The highest BCUT2D eigenvalue weighted by molar-refractivity contribution is 6.32. The number of nitrogens with one attached hydrogen (secondary N) is 1. The Morgan fingerprint density at radius 1 is 1.04 bits per heavy atom. The zero-order chi connectivity index (χ0) is 16.8. The molecule has 0 saturated carbocycles. The molecule has 23 heavy (non-hydrogen) atoms. The maximum Gasteiger partial charge on any atom is 0.255 e. The Labute approximate surface area is 140 Å². The summed E-state index contributed by atoms with van der Waals surface area (Å²) in [5.41, 5.74) is 1.67. The molecule has 2 amide bonds. The molecule has 2 aromatic carbocycles. The zero-order valence-electron chi connectivity index (χ0n) is 12.9. The summed E-state index contributed by atoms with van der Waals surface area (Å²) in [5.74, 6) is -0.500. The summed E-state index contributed by atoms with van der Waals surface area (Å²) in [7, 11) is 3.33. The van der Waals surface area contributed by atoms with Crippen LogP contribution in [0.5, 0.6) is 0 Å². The Morgan fingerprint density at radius 3 is 2.39 bits per heavy atom. The van der Waals surface area contributed by atoms with Gasteiger partial charge in [0.05, 0.1) is 11.3 Å². The first kappa shape index (κ1) is 16.8. The molecule has 5 heteroatoms. The van der Waals surface area contributed by atoms with E-state index in [1.807, 2.05) is 18.2 Å². The number of rotatable bonds is 4. The second kappa shape index (κ2) is 7.61. The van der Waals surface area contributed by atoms with Gasteiger partial charge in [0.2, 0.25) is 5.91 Å². The number of halogens is 1. The zero-order valence-corrected chi connectivity index (χ0v) is 13.7. The second-order valence-electron chi connectivity index (χ2n) is 5.09. The monoisotopic (exact) mass is 328 g/mol. The summed E-state index contributed by atoms with van der Waals surface area (Å²) < 4.78 is 0. The number of benzene rings is 2. The Morgan fingerprint density at radius 2 is 1.70 bits per heavy atom. The number of para-hydroxylation sites is 1. The molecule has 2 rings (SSSR count). The van der Waals surface area contributed by atoms with Crippen LogP contribution in [0.3, 0.4) is 0 Å².